The first-order valence-corrected chi connectivity index (χ1v) is 13.4. The number of nitrogens with zero attached hydrogens (tertiary/aromatic N) is 4. The lowest BCUT2D eigenvalue weighted by Crippen LogP contribution is -2.71. The van der Waals surface area contributed by atoms with E-state index in [2.05, 4.69) is 32.1 Å². The molecule has 2 aliphatic heterocycles. The Morgan fingerprint density at radius 3 is 2.69 bits per heavy atom. The first-order valence-electron chi connectivity index (χ1n) is 11.5. The zero-order chi connectivity index (χ0) is 26.4. The standard InChI is InChI=1S/C23H30N6O5S2/c1-6-14-11-35-21-17(20(32)29(21)18(14)22(33)34-10-9-28(7-2)8-3)27-19(31)16(24-5)15-12-36-23(26-15)25-13(4)30/h6,12,17,21H,1,7-11H2,2-5H3,(H,27,31)(H,25,26,30)/b24-16+/t17-,21?/m1/s1. The summed E-state index contributed by atoms with van der Waals surface area (Å²) < 4.78 is 5.48. The fourth-order valence-corrected chi connectivity index (χ4v) is 5.88. The molecule has 0 aromatic carbocycles. The first kappa shape index (κ1) is 27.6. The van der Waals surface area contributed by atoms with Gasteiger partial charge in [0.25, 0.3) is 11.8 Å². The van der Waals surface area contributed by atoms with Gasteiger partial charge in [0.1, 0.15) is 35.1 Å². The summed E-state index contributed by atoms with van der Waals surface area (Å²) in [6.07, 6.45) is 1.56. The van der Waals surface area contributed by atoms with E-state index >= 15 is 0 Å². The summed E-state index contributed by atoms with van der Waals surface area (Å²) in [7, 11) is 1.45. The molecule has 1 saturated heterocycles. The van der Waals surface area contributed by atoms with E-state index in [9.17, 15) is 19.2 Å². The molecule has 0 aliphatic carbocycles. The molecule has 2 N–H and O–H groups in total. The largest absolute Gasteiger partial charge is 0.460 e. The third kappa shape index (κ3) is 5.85. The molecule has 3 heterocycles. The molecule has 0 spiro atoms. The lowest BCUT2D eigenvalue weighted by atomic mass is 10.0. The number of likely N-dealkylation sites (N-methyl/N-ethyl adjacent to an activating group) is 1. The molecular formula is C23H30N6O5S2. The summed E-state index contributed by atoms with van der Waals surface area (Å²) in [6.45, 7) is 11.7. The number of hydrogen-bond donors (Lipinski definition) is 2. The number of anilines is 1. The second-order valence-corrected chi connectivity index (χ2v) is 9.86. The number of allylic oxidation sites excluding steroid dienone is 1. The summed E-state index contributed by atoms with van der Waals surface area (Å²) in [6, 6.07) is -0.836. The number of thioether (sulfide) groups is 1. The number of β-lactam (4-membered cyclic amide) rings is 1. The number of rotatable bonds is 11. The lowest BCUT2D eigenvalue weighted by molar-refractivity contribution is -0.152. The zero-order valence-corrected chi connectivity index (χ0v) is 22.3. The van der Waals surface area contributed by atoms with Crippen molar-refractivity contribution in [3.63, 3.8) is 0 Å². The second-order valence-electron chi connectivity index (χ2n) is 7.89. The fraction of sp³-hybridized carbons (Fsp3) is 0.478. The highest BCUT2D eigenvalue weighted by atomic mass is 32.2. The van der Waals surface area contributed by atoms with Gasteiger partial charge in [-0.05, 0) is 18.7 Å². The smallest absolute Gasteiger partial charge is 0.355 e. The monoisotopic (exact) mass is 534 g/mol. The number of amides is 3. The minimum atomic E-state index is -0.836. The van der Waals surface area contributed by atoms with Crippen molar-refractivity contribution in [3.05, 3.63) is 35.0 Å². The maximum atomic E-state index is 13.1. The van der Waals surface area contributed by atoms with Gasteiger partial charge in [0.05, 0.1) is 0 Å². The highest BCUT2D eigenvalue weighted by molar-refractivity contribution is 8.00. The summed E-state index contributed by atoms with van der Waals surface area (Å²) in [5, 5.41) is 6.76. The van der Waals surface area contributed by atoms with Crippen LogP contribution >= 0.6 is 23.1 Å². The molecule has 1 fully saturated rings. The minimum Gasteiger partial charge on any atom is -0.460 e. The molecule has 13 heteroatoms. The third-order valence-electron chi connectivity index (χ3n) is 5.73. The predicted octanol–water partition coefficient (Wildman–Crippen LogP) is 1.25. The van der Waals surface area contributed by atoms with E-state index < -0.39 is 29.2 Å². The number of thiazole rings is 1. The minimum absolute atomic E-state index is 0.0354. The summed E-state index contributed by atoms with van der Waals surface area (Å²) >= 11 is 2.59. The van der Waals surface area contributed by atoms with Gasteiger partial charge in [0.15, 0.2) is 5.13 Å². The van der Waals surface area contributed by atoms with Gasteiger partial charge < -0.3 is 20.3 Å². The van der Waals surface area contributed by atoms with E-state index in [0.29, 0.717) is 23.0 Å². The average Bonchev–Trinajstić information content (AvgIpc) is 3.31. The van der Waals surface area contributed by atoms with Crippen molar-refractivity contribution in [1.29, 1.82) is 0 Å². The van der Waals surface area contributed by atoms with Gasteiger partial charge >= 0.3 is 5.97 Å². The van der Waals surface area contributed by atoms with Crippen molar-refractivity contribution in [1.82, 2.24) is 20.1 Å². The van der Waals surface area contributed by atoms with Gasteiger partial charge in [-0.2, -0.15) is 0 Å². The molecule has 0 bridgehead atoms. The van der Waals surface area contributed by atoms with Crippen LogP contribution in [0.25, 0.3) is 0 Å². The van der Waals surface area contributed by atoms with Gasteiger partial charge in [0, 0.05) is 31.6 Å². The van der Waals surface area contributed by atoms with Gasteiger partial charge in [-0.1, -0.05) is 26.5 Å². The van der Waals surface area contributed by atoms with Crippen molar-refractivity contribution < 1.29 is 23.9 Å². The van der Waals surface area contributed by atoms with Crippen LogP contribution in [-0.4, -0.2) is 94.6 Å². The lowest BCUT2D eigenvalue weighted by Gasteiger charge is -2.49. The van der Waals surface area contributed by atoms with E-state index in [1.54, 1.807) is 11.5 Å². The van der Waals surface area contributed by atoms with Crippen LogP contribution in [0.4, 0.5) is 5.13 Å². The molecule has 1 aromatic heterocycles. The van der Waals surface area contributed by atoms with E-state index in [-0.39, 0.29) is 29.6 Å². The van der Waals surface area contributed by atoms with Gasteiger partial charge in [-0.15, -0.1) is 23.1 Å². The van der Waals surface area contributed by atoms with Crippen LogP contribution in [0.5, 0.6) is 0 Å². The quantitative estimate of drug-likeness (QED) is 0.246. The van der Waals surface area contributed by atoms with E-state index in [1.807, 2.05) is 13.8 Å². The van der Waals surface area contributed by atoms with Crippen LogP contribution in [0.3, 0.4) is 0 Å². The van der Waals surface area contributed by atoms with Gasteiger partial charge in [-0.25, -0.2) is 9.78 Å². The Balaban J connectivity index is 1.68. The number of carbonyl (C=O) groups is 4. The molecule has 0 saturated carbocycles. The molecule has 3 amide bonds. The molecule has 2 aliphatic rings. The van der Waals surface area contributed by atoms with Crippen molar-refractivity contribution in [2.24, 2.45) is 4.99 Å². The first-order chi connectivity index (χ1) is 17.2. The van der Waals surface area contributed by atoms with Crippen LogP contribution in [0.15, 0.2) is 34.3 Å². The number of fused-ring (bicyclic) bond motifs is 1. The highest BCUT2D eigenvalue weighted by Gasteiger charge is 2.54. The molecular weight excluding hydrogens is 504 g/mol. The summed E-state index contributed by atoms with van der Waals surface area (Å²) in [5.41, 5.74) is 1.11. The summed E-state index contributed by atoms with van der Waals surface area (Å²) in [5.74, 6) is -1.39. The third-order valence-corrected chi connectivity index (χ3v) is 7.79. The van der Waals surface area contributed by atoms with Crippen LogP contribution < -0.4 is 10.6 Å². The topological polar surface area (TPSA) is 133 Å². The Morgan fingerprint density at radius 2 is 2.08 bits per heavy atom. The van der Waals surface area contributed by atoms with Crippen LogP contribution in [0.2, 0.25) is 0 Å². The molecule has 11 nitrogen and oxygen atoms in total. The molecule has 3 rings (SSSR count). The van der Waals surface area contributed by atoms with Crippen molar-refractivity contribution in [2.45, 2.75) is 32.2 Å². The Morgan fingerprint density at radius 1 is 1.36 bits per heavy atom. The Kier molecular flexibility index (Phi) is 9.40. The normalized spacial score (nSPS) is 19.5. The maximum Gasteiger partial charge on any atom is 0.355 e. The number of esters is 1. The van der Waals surface area contributed by atoms with Crippen molar-refractivity contribution in [2.75, 3.05) is 44.4 Å². The Bertz CT molecular complexity index is 1110. The summed E-state index contributed by atoms with van der Waals surface area (Å²) in [4.78, 5) is 61.9. The number of aromatic nitrogens is 1. The molecule has 1 aromatic rings. The molecule has 194 valence electrons. The van der Waals surface area contributed by atoms with E-state index in [4.69, 9.17) is 4.74 Å². The van der Waals surface area contributed by atoms with E-state index in [1.165, 1.54) is 30.6 Å². The Labute approximate surface area is 218 Å². The number of ether oxygens (including phenoxy) is 1. The van der Waals surface area contributed by atoms with Crippen LogP contribution in [0, 0.1) is 0 Å². The van der Waals surface area contributed by atoms with Crippen LogP contribution in [0.1, 0.15) is 26.5 Å². The average molecular weight is 535 g/mol. The number of nitrogens with one attached hydrogen (secondary N) is 2. The number of aliphatic imine (C=N–C) groups is 1. The van der Waals surface area contributed by atoms with Crippen LogP contribution in [-0.2, 0) is 23.9 Å². The maximum absolute atomic E-state index is 13.1. The Hall–Kier alpha value is -3.03. The SMILES string of the molecule is C=CC1=C(C(=O)OCCN(CC)CC)N2C(=O)[C@@H](NC(=O)/C(=N/C)c3csc(NC(C)=O)n3)C2SC1. The number of carbonyl (C=O) groups excluding carboxylic acids is 4. The highest BCUT2D eigenvalue weighted by Crippen LogP contribution is 2.41. The predicted molar refractivity (Wildman–Crippen MR) is 140 cm³/mol. The molecule has 0 radical (unpaired) electrons. The van der Waals surface area contributed by atoms with Gasteiger partial charge in [0.2, 0.25) is 5.91 Å². The fourth-order valence-electron chi connectivity index (χ4n) is 3.80. The van der Waals surface area contributed by atoms with Crippen molar-refractivity contribution >= 4 is 57.6 Å². The molecule has 1 unspecified atom stereocenters. The molecule has 2 atom stereocenters. The zero-order valence-electron chi connectivity index (χ0n) is 20.7. The van der Waals surface area contributed by atoms with E-state index in [0.717, 1.165) is 24.4 Å². The van der Waals surface area contributed by atoms with Gasteiger partial charge in [-0.3, -0.25) is 24.3 Å². The second kappa shape index (κ2) is 12.3. The molecule has 36 heavy (non-hydrogen) atoms. The van der Waals surface area contributed by atoms with Crippen molar-refractivity contribution in [3.8, 4) is 0 Å². The number of hydrogen-bond acceptors (Lipinski definition) is 10.